The van der Waals surface area contributed by atoms with E-state index in [1.54, 1.807) is 5.57 Å². The lowest BCUT2D eigenvalue weighted by Gasteiger charge is -2.15. The van der Waals surface area contributed by atoms with Gasteiger partial charge in [-0.3, -0.25) is 9.67 Å². The van der Waals surface area contributed by atoms with Crippen molar-refractivity contribution in [2.45, 2.75) is 52.0 Å². The van der Waals surface area contributed by atoms with E-state index in [1.807, 2.05) is 23.1 Å². The normalized spacial score (nSPS) is 15.5. The molecule has 1 aromatic heterocycles. The Morgan fingerprint density at radius 3 is 3.05 bits per heavy atom. The number of aryl methyl sites for hydroxylation is 1. The zero-order valence-electron chi connectivity index (χ0n) is 13.7. The van der Waals surface area contributed by atoms with Gasteiger partial charge >= 0.3 is 0 Å². The standard InChI is InChI=1S/C17H29N5/c1-2-18-17(19-11-6-14-22-15-7-12-21-22)20-13-10-16-8-4-3-5-9-16/h7-8,12,15H,2-6,9-11,13-14H2,1H3,(H2,18,19,20). The maximum absolute atomic E-state index is 4.63. The summed E-state index contributed by atoms with van der Waals surface area (Å²) in [7, 11) is 0. The molecule has 0 fully saturated rings. The van der Waals surface area contributed by atoms with Gasteiger partial charge in [-0.2, -0.15) is 5.10 Å². The van der Waals surface area contributed by atoms with Crippen LogP contribution in [0.2, 0.25) is 0 Å². The van der Waals surface area contributed by atoms with Gasteiger partial charge in [-0.25, -0.2) is 0 Å². The van der Waals surface area contributed by atoms with Crippen molar-refractivity contribution in [3.63, 3.8) is 0 Å². The van der Waals surface area contributed by atoms with Crippen molar-refractivity contribution in [1.82, 2.24) is 20.4 Å². The molecule has 22 heavy (non-hydrogen) atoms. The lowest BCUT2D eigenvalue weighted by atomic mass is 9.97. The minimum atomic E-state index is 0.817. The van der Waals surface area contributed by atoms with Crippen LogP contribution in [-0.4, -0.2) is 35.4 Å². The number of guanidine groups is 1. The zero-order valence-corrected chi connectivity index (χ0v) is 13.7. The van der Waals surface area contributed by atoms with Crippen molar-refractivity contribution < 1.29 is 0 Å². The summed E-state index contributed by atoms with van der Waals surface area (Å²) in [6.07, 6.45) is 13.6. The van der Waals surface area contributed by atoms with Crippen LogP contribution in [0.4, 0.5) is 0 Å². The van der Waals surface area contributed by atoms with Gasteiger partial charge in [0.1, 0.15) is 0 Å². The maximum atomic E-state index is 4.63. The molecular weight excluding hydrogens is 274 g/mol. The summed E-state index contributed by atoms with van der Waals surface area (Å²) >= 11 is 0. The molecule has 0 spiro atoms. The first-order chi connectivity index (χ1) is 10.9. The smallest absolute Gasteiger partial charge is 0.191 e. The number of rotatable bonds is 8. The summed E-state index contributed by atoms with van der Waals surface area (Å²) in [6.45, 7) is 5.70. The van der Waals surface area contributed by atoms with E-state index < -0.39 is 0 Å². The summed E-state index contributed by atoms with van der Waals surface area (Å²) in [5, 5.41) is 10.9. The van der Waals surface area contributed by atoms with Crippen molar-refractivity contribution >= 4 is 5.96 Å². The molecular formula is C17H29N5. The Morgan fingerprint density at radius 1 is 1.36 bits per heavy atom. The summed E-state index contributed by atoms with van der Waals surface area (Å²) in [5.74, 6) is 0.930. The molecule has 0 unspecified atom stereocenters. The lowest BCUT2D eigenvalue weighted by Crippen LogP contribution is -2.38. The average molecular weight is 303 g/mol. The van der Waals surface area contributed by atoms with Crippen molar-refractivity contribution in [3.8, 4) is 0 Å². The van der Waals surface area contributed by atoms with Gasteiger partial charge in [0.25, 0.3) is 0 Å². The highest BCUT2D eigenvalue weighted by Gasteiger charge is 2.04. The third-order valence-electron chi connectivity index (χ3n) is 3.84. The van der Waals surface area contributed by atoms with Crippen LogP contribution in [0.25, 0.3) is 0 Å². The molecule has 0 amide bonds. The quantitative estimate of drug-likeness (QED) is 0.336. The van der Waals surface area contributed by atoms with Crippen molar-refractivity contribution in [3.05, 3.63) is 30.1 Å². The Labute approximate surface area is 133 Å². The van der Waals surface area contributed by atoms with Gasteiger partial charge < -0.3 is 10.6 Å². The first kappa shape index (κ1) is 16.6. The number of allylic oxidation sites excluding steroid dienone is 1. The fourth-order valence-corrected chi connectivity index (χ4v) is 2.67. The highest BCUT2D eigenvalue weighted by Crippen LogP contribution is 2.19. The number of nitrogens with zero attached hydrogens (tertiary/aromatic N) is 3. The summed E-state index contributed by atoms with van der Waals surface area (Å²) in [6, 6.07) is 1.95. The van der Waals surface area contributed by atoms with Crippen LogP contribution >= 0.6 is 0 Å². The molecule has 0 saturated carbocycles. The molecule has 0 radical (unpaired) electrons. The Morgan fingerprint density at radius 2 is 2.32 bits per heavy atom. The van der Waals surface area contributed by atoms with E-state index in [9.17, 15) is 0 Å². The first-order valence-corrected chi connectivity index (χ1v) is 8.56. The number of nitrogens with one attached hydrogen (secondary N) is 2. The molecule has 1 aliphatic carbocycles. The number of aromatic nitrogens is 2. The predicted octanol–water partition coefficient (Wildman–Crippen LogP) is 2.72. The van der Waals surface area contributed by atoms with E-state index in [0.29, 0.717) is 0 Å². The van der Waals surface area contributed by atoms with Gasteiger partial charge in [0, 0.05) is 38.6 Å². The second kappa shape index (κ2) is 10.0. The summed E-state index contributed by atoms with van der Waals surface area (Å²) in [4.78, 5) is 4.63. The Kier molecular flexibility index (Phi) is 7.56. The van der Waals surface area contributed by atoms with Crippen LogP contribution in [0.15, 0.2) is 35.1 Å². The summed E-state index contributed by atoms with van der Waals surface area (Å²) in [5.41, 5.74) is 1.60. The van der Waals surface area contributed by atoms with Crippen molar-refractivity contribution in [2.75, 3.05) is 19.6 Å². The van der Waals surface area contributed by atoms with Crippen LogP contribution in [0.3, 0.4) is 0 Å². The topological polar surface area (TPSA) is 54.2 Å². The van der Waals surface area contributed by atoms with Crippen molar-refractivity contribution in [2.24, 2.45) is 4.99 Å². The number of hydrogen-bond acceptors (Lipinski definition) is 2. The van der Waals surface area contributed by atoms with Gasteiger partial charge in [-0.15, -0.1) is 0 Å². The second-order valence-corrected chi connectivity index (χ2v) is 5.67. The molecule has 0 bridgehead atoms. The van der Waals surface area contributed by atoms with Crippen LogP contribution < -0.4 is 10.6 Å². The highest BCUT2D eigenvalue weighted by molar-refractivity contribution is 5.79. The van der Waals surface area contributed by atoms with E-state index in [0.717, 1.165) is 45.0 Å². The maximum Gasteiger partial charge on any atom is 0.191 e. The number of hydrogen-bond donors (Lipinski definition) is 2. The van der Waals surface area contributed by atoms with Crippen LogP contribution in [0, 0.1) is 0 Å². The Hall–Kier alpha value is -1.78. The molecule has 1 aliphatic rings. The van der Waals surface area contributed by atoms with E-state index >= 15 is 0 Å². The predicted molar refractivity (Wildman–Crippen MR) is 92.0 cm³/mol. The molecule has 5 heteroatoms. The van der Waals surface area contributed by atoms with Crippen LogP contribution in [-0.2, 0) is 6.54 Å². The van der Waals surface area contributed by atoms with Gasteiger partial charge in [0.15, 0.2) is 5.96 Å². The molecule has 0 aromatic carbocycles. The highest BCUT2D eigenvalue weighted by atomic mass is 15.3. The van der Waals surface area contributed by atoms with E-state index in [2.05, 4.69) is 33.7 Å². The fourth-order valence-electron chi connectivity index (χ4n) is 2.67. The van der Waals surface area contributed by atoms with Gasteiger partial charge in [0.05, 0.1) is 0 Å². The first-order valence-electron chi connectivity index (χ1n) is 8.56. The Bertz CT molecular complexity index is 461. The molecule has 0 aliphatic heterocycles. The van der Waals surface area contributed by atoms with E-state index in [-0.39, 0.29) is 0 Å². The molecule has 2 rings (SSSR count). The molecule has 1 heterocycles. The van der Waals surface area contributed by atoms with E-state index in [4.69, 9.17) is 0 Å². The van der Waals surface area contributed by atoms with Crippen molar-refractivity contribution in [1.29, 1.82) is 0 Å². The average Bonchev–Trinajstić information content (AvgIpc) is 3.06. The molecule has 1 aromatic rings. The molecule has 0 atom stereocenters. The number of aliphatic imine (C=N–C) groups is 1. The van der Waals surface area contributed by atoms with Gasteiger partial charge in [-0.05, 0) is 51.5 Å². The summed E-state index contributed by atoms with van der Waals surface area (Å²) < 4.78 is 1.95. The molecule has 122 valence electrons. The third kappa shape index (κ3) is 6.33. The Balaban J connectivity index is 1.66. The minimum Gasteiger partial charge on any atom is -0.357 e. The zero-order chi connectivity index (χ0) is 15.5. The molecule has 0 saturated heterocycles. The largest absolute Gasteiger partial charge is 0.357 e. The van der Waals surface area contributed by atoms with E-state index in [1.165, 1.54) is 25.7 Å². The van der Waals surface area contributed by atoms with Gasteiger partial charge in [-0.1, -0.05) is 11.6 Å². The van der Waals surface area contributed by atoms with Crippen LogP contribution in [0.5, 0.6) is 0 Å². The minimum absolute atomic E-state index is 0.817. The van der Waals surface area contributed by atoms with Crippen LogP contribution in [0.1, 0.15) is 45.4 Å². The third-order valence-corrected chi connectivity index (χ3v) is 3.84. The SMILES string of the molecule is CCNC(=NCCCn1cccn1)NCCC1=CCCCC1. The van der Waals surface area contributed by atoms with Gasteiger partial charge in [0.2, 0.25) is 0 Å². The second-order valence-electron chi connectivity index (χ2n) is 5.67. The monoisotopic (exact) mass is 303 g/mol. The lowest BCUT2D eigenvalue weighted by molar-refractivity contribution is 0.583. The molecule has 2 N–H and O–H groups in total. The molecule has 5 nitrogen and oxygen atoms in total. The fraction of sp³-hybridized carbons (Fsp3) is 0.647.